The third-order valence-corrected chi connectivity index (χ3v) is 4.91. The van der Waals surface area contributed by atoms with E-state index in [1.165, 1.54) is 0 Å². The zero-order valence-corrected chi connectivity index (χ0v) is 10.5. The number of rotatable bonds is 4. The first-order chi connectivity index (χ1) is 7.31. The Morgan fingerprint density at radius 3 is 2.62 bits per heavy atom. The minimum atomic E-state index is -3.23. The van der Waals surface area contributed by atoms with Crippen molar-refractivity contribution in [3.05, 3.63) is 0 Å². The van der Waals surface area contributed by atoms with Gasteiger partial charge in [-0.3, -0.25) is 10.1 Å². The molecule has 0 aromatic rings. The van der Waals surface area contributed by atoms with E-state index >= 15 is 0 Å². The molecule has 0 bridgehead atoms. The summed E-state index contributed by atoms with van der Waals surface area (Å²) in [5.74, 6) is -1.25. The molecule has 0 aromatic heterocycles. The molecule has 1 saturated heterocycles. The van der Waals surface area contributed by atoms with Gasteiger partial charge in [0.15, 0.2) is 9.84 Å². The Morgan fingerprint density at radius 2 is 2.19 bits per heavy atom. The molecule has 1 heterocycles. The first-order valence-electron chi connectivity index (χ1n) is 5.53. The van der Waals surface area contributed by atoms with Crippen LogP contribution in [0.3, 0.4) is 0 Å². The molecule has 6 heteroatoms. The molecule has 2 unspecified atom stereocenters. The van der Waals surface area contributed by atoms with Crippen LogP contribution in [0.2, 0.25) is 0 Å². The Kier molecular flexibility index (Phi) is 3.96. The van der Waals surface area contributed by atoms with Gasteiger partial charge in [0, 0.05) is 6.04 Å². The minimum absolute atomic E-state index is 0.00407. The molecule has 0 radical (unpaired) electrons. The molecule has 16 heavy (non-hydrogen) atoms. The molecule has 5 nitrogen and oxygen atoms in total. The summed E-state index contributed by atoms with van der Waals surface area (Å²) in [7, 11) is -3.23. The predicted molar refractivity (Wildman–Crippen MR) is 61.1 cm³/mol. The molecule has 1 aliphatic heterocycles. The fourth-order valence-electron chi connectivity index (χ4n) is 2.03. The molecule has 94 valence electrons. The molecule has 0 aliphatic carbocycles. The summed E-state index contributed by atoms with van der Waals surface area (Å²) in [5, 5.41) is 12.2. The highest BCUT2D eigenvalue weighted by molar-refractivity contribution is 7.91. The van der Waals surface area contributed by atoms with Crippen molar-refractivity contribution < 1.29 is 18.3 Å². The summed E-state index contributed by atoms with van der Waals surface area (Å²) in [6, 6.07) is 0.00407. The number of hydrogen-bond donors (Lipinski definition) is 2. The van der Waals surface area contributed by atoms with Crippen LogP contribution in [0.1, 0.15) is 33.1 Å². The second-order valence-electron chi connectivity index (χ2n) is 4.54. The number of nitrogens with one attached hydrogen (secondary N) is 1. The fraction of sp³-hybridized carbons (Fsp3) is 0.900. The monoisotopic (exact) mass is 249 g/mol. The zero-order valence-electron chi connectivity index (χ0n) is 9.69. The van der Waals surface area contributed by atoms with E-state index in [0.717, 1.165) is 6.42 Å². The van der Waals surface area contributed by atoms with Crippen LogP contribution in [0.5, 0.6) is 0 Å². The van der Waals surface area contributed by atoms with Crippen LogP contribution in [0.25, 0.3) is 0 Å². The van der Waals surface area contributed by atoms with Crippen LogP contribution < -0.4 is 5.32 Å². The van der Waals surface area contributed by atoms with Crippen molar-refractivity contribution in [2.24, 2.45) is 0 Å². The van der Waals surface area contributed by atoms with Gasteiger partial charge in [-0.2, -0.15) is 0 Å². The highest BCUT2D eigenvalue weighted by Crippen LogP contribution is 2.24. The summed E-state index contributed by atoms with van der Waals surface area (Å²) in [4.78, 5) is 11.3. The first-order valence-corrected chi connectivity index (χ1v) is 7.35. The van der Waals surface area contributed by atoms with Gasteiger partial charge in [0.05, 0.1) is 11.5 Å². The van der Waals surface area contributed by atoms with E-state index in [1.807, 2.05) is 13.8 Å². The molecule has 0 saturated carbocycles. The maximum atomic E-state index is 11.5. The number of sulfone groups is 1. The van der Waals surface area contributed by atoms with Gasteiger partial charge >= 0.3 is 5.97 Å². The van der Waals surface area contributed by atoms with E-state index in [1.54, 1.807) is 0 Å². The number of carboxylic acid groups (broad SMARTS) is 1. The average Bonchev–Trinajstić information content (AvgIpc) is 2.15. The summed E-state index contributed by atoms with van der Waals surface area (Å²) < 4.78 is 23.1. The lowest BCUT2D eigenvalue weighted by Gasteiger charge is -2.36. The van der Waals surface area contributed by atoms with Crippen molar-refractivity contribution in [3.63, 3.8) is 0 Å². The van der Waals surface area contributed by atoms with Gasteiger partial charge < -0.3 is 5.11 Å². The largest absolute Gasteiger partial charge is 0.480 e. The number of aliphatic carboxylic acids is 1. The van der Waals surface area contributed by atoms with Crippen molar-refractivity contribution >= 4 is 15.8 Å². The summed E-state index contributed by atoms with van der Waals surface area (Å²) in [5.41, 5.74) is -1.29. The zero-order chi connectivity index (χ0) is 12.4. The predicted octanol–water partition coefficient (Wildman–Crippen LogP) is 0.406. The minimum Gasteiger partial charge on any atom is -0.480 e. The summed E-state index contributed by atoms with van der Waals surface area (Å²) >= 11 is 0. The van der Waals surface area contributed by atoms with E-state index in [0.29, 0.717) is 12.8 Å². The van der Waals surface area contributed by atoms with Gasteiger partial charge in [0.25, 0.3) is 0 Å². The smallest absolute Gasteiger partial charge is 0.324 e. The van der Waals surface area contributed by atoms with Gasteiger partial charge in [-0.25, -0.2) is 8.42 Å². The molecule has 0 aromatic carbocycles. The van der Waals surface area contributed by atoms with Crippen LogP contribution in [-0.4, -0.2) is 42.6 Å². The average molecular weight is 249 g/mol. The Morgan fingerprint density at radius 1 is 1.56 bits per heavy atom. The van der Waals surface area contributed by atoms with Crippen molar-refractivity contribution in [1.29, 1.82) is 0 Å². The molecule has 1 fully saturated rings. The Balaban J connectivity index is 2.93. The lowest BCUT2D eigenvalue weighted by Crippen LogP contribution is -2.61. The van der Waals surface area contributed by atoms with Gasteiger partial charge in [-0.05, 0) is 26.2 Å². The quantitative estimate of drug-likeness (QED) is 0.754. The standard InChI is InChI=1S/C10H19NO4S/c1-3-8(2)11-10(9(12)13)5-4-6-16(14,15)7-10/h8,11H,3-7H2,1-2H3,(H,12,13). The third-order valence-electron chi connectivity index (χ3n) is 3.07. The van der Waals surface area contributed by atoms with Crippen molar-refractivity contribution in [1.82, 2.24) is 5.32 Å². The van der Waals surface area contributed by atoms with Crippen LogP contribution in [0, 0.1) is 0 Å². The van der Waals surface area contributed by atoms with E-state index in [2.05, 4.69) is 5.32 Å². The maximum Gasteiger partial charge on any atom is 0.324 e. The molecular weight excluding hydrogens is 230 g/mol. The maximum absolute atomic E-state index is 11.5. The number of hydrogen-bond acceptors (Lipinski definition) is 4. The molecule has 1 aliphatic rings. The van der Waals surface area contributed by atoms with Gasteiger partial charge in [-0.1, -0.05) is 6.92 Å². The van der Waals surface area contributed by atoms with Gasteiger partial charge in [0.2, 0.25) is 0 Å². The van der Waals surface area contributed by atoms with E-state index in [9.17, 15) is 18.3 Å². The summed E-state index contributed by atoms with van der Waals surface area (Å²) in [6.07, 6.45) is 1.57. The molecule has 2 atom stereocenters. The highest BCUT2D eigenvalue weighted by Gasteiger charge is 2.45. The van der Waals surface area contributed by atoms with Crippen molar-refractivity contribution in [2.75, 3.05) is 11.5 Å². The lowest BCUT2D eigenvalue weighted by atomic mass is 9.94. The second-order valence-corrected chi connectivity index (χ2v) is 6.72. The Hall–Kier alpha value is -0.620. The van der Waals surface area contributed by atoms with Crippen molar-refractivity contribution in [2.45, 2.75) is 44.7 Å². The topological polar surface area (TPSA) is 83.5 Å². The Labute approximate surface area is 96.1 Å². The number of carboxylic acids is 1. The SMILES string of the molecule is CCC(C)NC1(C(=O)O)CCCS(=O)(=O)C1. The molecular formula is C10H19NO4S. The van der Waals surface area contributed by atoms with Gasteiger partial charge in [0.1, 0.15) is 5.54 Å². The third kappa shape index (κ3) is 2.95. The molecule has 2 N–H and O–H groups in total. The number of carbonyl (C=O) groups is 1. The molecule has 0 spiro atoms. The van der Waals surface area contributed by atoms with Crippen LogP contribution in [-0.2, 0) is 14.6 Å². The Bertz CT molecular complexity index is 365. The molecule has 0 amide bonds. The highest BCUT2D eigenvalue weighted by atomic mass is 32.2. The van der Waals surface area contributed by atoms with Gasteiger partial charge in [-0.15, -0.1) is 0 Å². The van der Waals surface area contributed by atoms with Crippen LogP contribution >= 0.6 is 0 Å². The van der Waals surface area contributed by atoms with E-state index < -0.39 is 21.3 Å². The van der Waals surface area contributed by atoms with Crippen LogP contribution in [0.4, 0.5) is 0 Å². The first kappa shape index (κ1) is 13.4. The van der Waals surface area contributed by atoms with E-state index in [-0.39, 0.29) is 17.5 Å². The van der Waals surface area contributed by atoms with E-state index in [4.69, 9.17) is 0 Å². The van der Waals surface area contributed by atoms with Crippen LogP contribution in [0.15, 0.2) is 0 Å². The normalized spacial score (nSPS) is 30.9. The lowest BCUT2D eigenvalue weighted by molar-refractivity contribution is -0.144. The second kappa shape index (κ2) is 4.71. The fourth-order valence-corrected chi connectivity index (χ4v) is 3.86. The summed E-state index contributed by atoms with van der Waals surface area (Å²) in [6.45, 7) is 3.80. The van der Waals surface area contributed by atoms with Crippen molar-refractivity contribution in [3.8, 4) is 0 Å². The molecule has 1 rings (SSSR count).